The molecule has 0 aromatic heterocycles. The SMILES string of the molecule is [Ba+2].[Ba+2].[Nd+3].[Nd+3].[O]=[Ti]([O-])[O-].[O]=[Ti]([O-])[O-].[O]=[Ti]([O-])[O-].[O]=[Ti]([O-])[O-].[O]=[Ti]([O-])[O-]. The van der Waals surface area contributed by atoms with E-state index < -0.39 is 93.1 Å². The predicted octanol–water partition coefficient (Wildman–Crippen LogP) is -13.3. The van der Waals surface area contributed by atoms with Gasteiger partial charge in [0.2, 0.25) is 0 Å². The molecule has 24 heteroatoms. The Labute approximate surface area is 316 Å². The summed E-state index contributed by atoms with van der Waals surface area (Å²) in [5, 5.41) is 0. The summed E-state index contributed by atoms with van der Waals surface area (Å²) in [6.45, 7) is 0. The Balaban J connectivity index is -0.0000000161. The first-order valence-electron chi connectivity index (χ1n) is 3.06. The van der Waals surface area contributed by atoms with Crippen molar-refractivity contribution in [2.24, 2.45) is 0 Å². The molecule has 0 bridgehead atoms. The number of rotatable bonds is 0. The van der Waals surface area contributed by atoms with Crippen molar-refractivity contribution in [3.8, 4) is 0 Å². The van der Waals surface area contributed by atoms with Crippen LogP contribution in [0.25, 0.3) is 0 Å². The van der Waals surface area contributed by atoms with Crippen LogP contribution in [0.2, 0.25) is 0 Å². The van der Waals surface area contributed by atoms with E-state index in [9.17, 15) is 0 Å². The summed E-state index contributed by atoms with van der Waals surface area (Å²) in [5.74, 6) is 0. The van der Waals surface area contributed by atoms with Crippen LogP contribution in [0.3, 0.4) is 0 Å². The molecule has 0 atom stereocenters. The van der Waals surface area contributed by atoms with Gasteiger partial charge in [-0.05, 0) is 0 Å². The van der Waals surface area contributed by atoms with E-state index >= 15 is 0 Å². The van der Waals surface area contributed by atoms with Gasteiger partial charge in [0, 0.05) is 0 Å². The molecule has 15 nitrogen and oxygen atoms in total. The molecule has 0 aromatic carbocycles. The zero-order valence-corrected chi connectivity index (χ0v) is 34.1. The molecule has 122 valence electrons. The third-order valence-corrected chi connectivity index (χ3v) is 0. The number of hydrogen-bond donors (Lipinski definition) is 0. The average molecular weight is 1040 g/mol. The van der Waals surface area contributed by atoms with Crippen molar-refractivity contribution >= 4 is 97.8 Å². The van der Waals surface area contributed by atoms with E-state index in [1.54, 1.807) is 0 Å². The summed E-state index contributed by atoms with van der Waals surface area (Å²) in [6, 6.07) is 0. The van der Waals surface area contributed by atoms with Crippen LogP contribution in [0.5, 0.6) is 0 Å². The summed E-state index contributed by atoms with van der Waals surface area (Å²) in [7, 11) is 0. The average Bonchev–Trinajstić information content (AvgIpc) is 1.94. The van der Waals surface area contributed by atoms with Gasteiger partial charge in [-0.15, -0.1) is 0 Å². The van der Waals surface area contributed by atoms with E-state index in [1.165, 1.54) is 0 Å². The van der Waals surface area contributed by atoms with Crippen molar-refractivity contribution in [2.75, 3.05) is 0 Å². The zero-order valence-electron chi connectivity index (χ0n) is 11.0. The van der Waals surface area contributed by atoms with Crippen LogP contribution in [-0.4, -0.2) is 97.8 Å². The molecule has 0 N–H and O–H groups in total. The van der Waals surface area contributed by atoms with E-state index in [2.05, 4.69) is 0 Å². The van der Waals surface area contributed by atoms with Crippen molar-refractivity contribution in [1.82, 2.24) is 0 Å². The second-order valence-corrected chi connectivity index (χ2v) is 5.15. The molecule has 0 fully saturated rings. The molecule has 0 aromatic rings. The Morgan fingerprint density at radius 3 is 0.333 bits per heavy atom. The van der Waals surface area contributed by atoms with E-state index in [4.69, 9.17) is 53.5 Å². The van der Waals surface area contributed by atoms with Gasteiger partial charge in [-0.25, -0.2) is 0 Å². The molecule has 0 amide bonds. The normalized spacial score (nSPS) is 5.42. The van der Waals surface area contributed by atoms with Crippen molar-refractivity contribution in [1.29, 1.82) is 0 Å². The molecular formula is Ba2Nd2O15Ti5. The topological polar surface area (TPSA) is 316 Å². The van der Waals surface area contributed by atoms with Crippen LogP contribution in [0.4, 0.5) is 0 Å². The van der Waals surface area contributed by atoms with Gasteiger partial charge in [-0.3, -0.25) is 0 Å². The Hall–Kier alpha value is 8.02. The summed E-state index contributed by atoms with van der Waals surface area (Å²) in [4.78, 5) is 0. The van der Waals surface area contributed by atoms with Crippen molar-refractivity contribution in [2.45, 2.75) is 0 Å². The van der Waals surface area contributed by atoms with Crippen LogP contribution in [0.15, 0.2) is 0 Å². The summed E-state index contributed by atoms with van der Waals surface area (Å²) in [6.07, 6.45) is 0. The van der Waals surface area contributed by atoms with E-state index in [0.29, 0.717) is 0 Å². The van der Waals surface area contributed by atoms with Crippen LogP contribution >= 0.6 is 0 Å². The maximum atomic E-state index is 8.58. The Bertz CT molecular complexity index is 221. The summed E-state index contributed by atoms with van der Waals surface area (Å²) < 4.78 is 129. The van der Waals surface area contributed by atoms with Gasteiger partial charge in [0.05, 0.1) is 0 Å². The van der Waals surface area contributed by atoms with Gasteiger partial charge < -0.3 is 0 Å². The maximum absolute atomic E-state index is 8.58. The van der Waals surface area contributed by atoms with Gasteiger partial charge >= 0.3 is 326 Å². The molecule has 2 radical (unpaired) electrons. The zero-order chi connectivity index (χ0) is 17.9. The van der Waals surface area contributed by atoms with Crippen molar-refractivity contribution in [3.63, 3.8) is 0 Å². The van der Waals surface area contributed by atoms with Crippen LogP contribution in [-0.2, 0) is 110 Å². The molecule has 0 aliphatic rings. The molecule has 24 heavy (non-hydrogen) atoms. The van der Waals surface area contributed by atoms with Gasteiger partial charge in [-0.2, -0.15) is 0 Å². The molecule has 0 aliphatic carbocycles. The molecule has 0 rings (SSSR count). The van der Waals surface area contributed by atoms with Crippen LogP contribution < -0.4 is 36.9 Å². The third kappa shape index (κ3) is 393. The first-order valence-corrected chi connectivity index (χ1v) is 12.6. The Kier molecular flexibility index (Phi) is 128. The third-order valence-electron chi connectivity index (χ3n) is 0. The Morgan fingerprint density at radius 2 is 0.333 bits per heavy atom. The van der Waals surface area contributed by atoms with E-state index in [0.717, 1.165) is 0 Å². The first kappa shape index (κ1) is 58.1. The Morgan fingerprint density at radius 1 is 0.333 bits per heavy atom. The standard InChI is InChI=1S/2Ba.2Nd.15O.5Ti/q2*+2;2*+3;;;;;;10*-1;;;;;. The summed E-state index contributed by atoms with van der Waals surface area (Å²) in [5.41, 5.74) is 0. The fourth-order valence-electron chi connectivity index (χ4n) is 0. The minimum atomic E-state index is -4.08. The second-order valence-electron chi connectivity index (χ2n) is 1.25. The molecular weight excluding hydrogens is 1040 g/mol. The van der Waals surface area contributed by atoms with E-state index in [-0.39, 0.29) is 179 Å². The quantitative estimate of drug-likeness (QED) is 0.204. The first-order chi connectivity index (χ1) is 8.66. The van der Waals surface area contributed by atoms with Crippen LogP contribution in [0.1, 0.15) is 0 Å². The molecule has 0 aliphatic heterocycles. The number of hydrogen-bond acceptors (Lipinski definition) is 15. The molecule has 0 saturated heterocycles. The van der Waals surface area contributed by atoms with Crippen molar-refractivity contribution in [3.05, 3.63) is 0 Å². The molecule has 0 heterocycles. The molecule has 0 unspecified atom stereocenters. The molecule has 0 saturated carbocycles. The van der Waals surface area contributed by atoms with Crippen LogP contribution in [0, 0.1) is 81.7 Å². The fourth-order valence-corrected chi connectivity index (χ4v) is 0. The van der Waals surface area contributed by atoms with Crippen molar-refractivity contribution < 1.29 is 228 Å². The monoisotopic (exact) mass is 1040 g/mol. The molecule has 0 spiro atoms. The van der Waals surface area contributed by atoms with Gasteiger partial charge in [0.25, 0.3) is 0 Å². The predicted molar refractivity (Wildman–Crippen MR) is 14.9 cm³/mol. The minimum absolute atomic E-state index is 0. The van der Waals surface area contributed by atoms with E-state index in [1.807, 2.05) is 0 Å². The summed E-state index contributed by atoms with van der Waals surface area (Å²) >= 11 is -20.4. The fraction of sp³-hybridized carbons (Fsp3) is 0. The van der Waals surface area contributed by atoms with Gasteiger partial charge in [-0.1, -0.05) is 0 Å². The second kappa shape index (κ2) is 52.8. The van der Waals surface area contributed by atoms with Gasteiger partial charge in [0.1, 0.15) is 0 Å². The van der Waals surface area contributed by atoms with Gasteiger partial charge in [0.15, 0.2) is 0 Å².